The Kier molecular flexibility index (Phi) is 1.69. The summed E-state index contributed by atoms with van der Waals surface area (Å²) in [5, 5.41) is 3.26. The van der Waals surface area contributed by atoms with Crippen molar-refractivity contribution in [3.8, 4) is 0 Å². The summed E-state index contributed by atoms with van der Waals surface area (Å²) in [6.07, 6.45) is 6.86. The van der Waals surface area contributed by atoms with Crippen molar-refractivity contribution in [1.29, 1.82) is 0 Å². The van der Waals surface area contributed by atoms with Crippen LogP contribution in [-0.4, -0.2) is 17.5 Å². The van der Waals surface area contributed by atoms with E-state index in [1.54, 1.807) is 0 Å². The van der Waals surface area contributed by atoms with E-state index in [1.807, 2.05) is 0 Å². The average molecular weight is 194 g/mol. The molecule has 0 aromatic heterocycles. The van der Waals surface area contributed by atoms with Crippen LogP contribution < -0.4 is 11.1 Å². The highest BCUT2D eigenvalue weighted by Crippen LogP contribution is 2.55. The van der Waals surface area contributed by atoms with E-state index in [1.165, 1.54) is 25.7 Å². The van der Waals surface area contributed by atoms with Crippen molar-refractivity contribution < 1.29 is 4.79 Å². The van der Waals surface area contributed by atoms with E-state index in [0.29, 0.717) is 0 Å². The molecule has 3 heteroatoms. The molecular formula is C11H18N2O. The van der Waals surface area contributed by atoms with E-state index in [0.717, 1.165) is 18.8 Å². The van der Waals surface area contributed by atoms with Crippen molar-refractivity contribution in [2.45, 2.75) is 50.1 Å². The maximum absolute atomic E-state index is 11.8. The Bertz CT molecular complexity index is 272. The number of fused-ring (bicyclic) bond motifs is 1. The Morgan fingerprint density at radius 3 is 2.71 bits per heavy atom. The lowest BCUT2D eigenvalue weighted by Crippen LogP contribution is -2.48. The second kappa shape index (κ2) is 2.72. The fraction of sp³-hybridized carbons (Fsp3) is 0.909. The molecule has 0 aromatic carbocycles. The summed E-state index contributed by atoms with van der Waals surface area (Å²) in [5.41, 5.74) is 5.92. The van der Waals surface area contributed by atoms with Crippen LogP contribution in [0.5, 0.6) is 0 Å². The Morgan fingerprint density at radius 2 is 2.21 bits per heavy atom. The third-order valence-corrected chi connectivity index (χ3v) is 4.32. The first-order valence-electron chi connectivity index (χ1n) is 5.77. The number of hydrogen-bond acceptors (Lipinski definition) is 2. The molecule has 2 unspecified atom stereocenters. The molecule has 3 aliphatic rings. The first kappa shape index (κ1) is 8.72. The zero-order chi connectivity index (χ0) is 9.76. The lowest BCUT2D eigenvalue weighted by molar-refractivity contribution is -0.129. The van der Waals surface area contributed by atoms with Crippen molar-refractivity contribution in [3.05, 3.63) is 0 Å². The molecule has 0 radical (unpaired) electrons. The third-order valence-electron chi connectivity index (χ3n) is 4.32. The minimum atomic E-state index is 0.223. The Labute approximate surface area is 84.4 Å². The van der Waals surface area contributed by atoms with Crippen LogP contribution in [0.15, 0.2) is 0 Å². The van der Waals surface area contributed by atoms with Gasteiger partial charge < -0.3 is 11.1 Å². The molecule has 0 saturated heterocycles. The molecule has 0 aromatic rings. The molecule has 78 valence electrons. The summed E-state index contributed by atoms with van der Waals surface area (Å²) in [7, 11) is 0. The second-order valence-electron chi connectivity index (χ2n) is 5.37. The standard InChI is InChI=1S/C11H18N2O/c12-9-4-7(5-9)10(14)13-11-3-1-2-8(11)6-11/h7-9H,1-6,12H2,(H,13,14). The van der Waals surface area contributed by atoms with Crippen molar-refractivity contribution >= 4 is 5.91 Å². The number of nitrogens with one attached hydrogen (secondary N) is 1. The van der Waals surface area contributed by atoms with Crippen LogP contribution in [0.3, 0.4) is 0 Å². The zero-order valence-electron chi connectivity index (χ0n) is 8.46. The van der Waals surface area contributed by atoms with Crippen LogP contribution >= 0.6 is 0 Å². The molecular weight excluding hydrogens is 176 g/mol. The fourth-order valence-corrected chi connectivity index (χ4v) is 3.17. The van der Waals surface area contributed by atoms with E-state index >= 15 is 0 Å². The fourth-order valence-electron chi connectivity index (χ4n) is 3.17. The van der Waals surface area contributed by atoms with Gasteiger partial charge in [-0.05, 0) is 38.0 Å². The maximum Gasteiger partial charge on any atom is 0.223 e. The second-order valence-corrected chi connectivity index (χ2v) is 5.37. The minimum absolute atomic E-state index is 0.223. The third kappa shape index (κ3) is 1.18. The van der Waals surface area contributed by atoms with Crippen LogP contribution in [0.2, 0.25) is 0 Å². The van der Waals surface area contributed by atoms with Gasteiger partial charge in [-0.1, -0.05) is 6.42 Å². The van der Waals surface area contributed by atoms with Gasteiger partial charge in [0.1, 0.15) is 0 Å². The van der Waals surface area contributed by atoms with Crippen LogP contribution in [0, 0.1) is 11.8 Å². The molecule has 0 spiro atoms. The Hall–Kier alpha value is -0.570. The van der Waals surface area contributed by atoms with Gasteiger partial charge in [0.2, 0.25) is 5.91 Å². The topological polar surface area (TPSA) is 55.1 Å². The summed E-state index contributed by atoms with van der Waals surface area (Å²) >= 11 is 0. The van der Waals surface area contributed by atoms with Gasteiger partial charge in [0.15, 0.2) is 0 Å². The molecule has 3 saturated carbocycles. The first-order chi connectivity index (χ1) is 6.70. The Balaban J connectivity index is 1.55. The smallest absolute Gasteiger partial charge is 0.223 e. The highest BCUT2D eigenvalue weighted by molar-refractivity contribution is 5.81. The molecule has 0 heterocycles. The quantitative estimate of drug-likeness (QED) is 0.682. The van der Waals surface area contributed by atoms with Crippen LogP contribution in [0.1, 0.15) is 38.5 Å². The van der Waals surface area contributed by atoms with E-state index in [2.05, 4.69) is 5.32 Å². The van der Waals surface area contributed by atoms with Gasteiger partial charge in [-0.2, -0.15) is 0 Å². The van der Waals surface area contributed by atoms with Gasteiger partial charge in [0.25, 0.3) is 0 Å². The highest BCUT2D eigenvalue weighted by Gasteiger charge is 2.58. The first-order valence-corrected chi connectivity index (χ1v) is 5.77. The molecule has 0 bridgehead atoms. The summed E-state index contributed by atoms with van der Waals surface area (Å²) in [5.74, 6) is 1.30. The molecule has 0 aliphatic heterocycles. The molecule has 2 atom stereocenters. The maximum atomic E-state index is 11.8. The number of carbonyl (C=O) groups is 1. The predicted octanol–water partition coefficient (Wildman–Crippen LogP) is 0.782. The zero-order valence-corrected chi connectivity index (χ0v) is 8.46. The molecule has 3 aliphatic carbocycles. The van der Waals surface area contributed by atoms with Gasteiger partial charge in [-0.25, -0.2) is 0 Å². The van der Waals surface area contributed by atoms with Gasteiger partial charge in [0.05, 0.1) is 0 Å². The lowest BCUT2D eigenvalue weighted by atomic mass is 9.80. The molecule has 1 amide bonds. The summed E-state index contributed by atoms with van der Waals surface area (Å²) in [6.45, 7) is 0. The molecule has 3 N–H and O–H groups in total. The van der Waals surface area contributed by atoms with E-state index in [9.17, 15) is 4.79 Å². The number of carbonyl (C=O) groups excluding carboxylic acids is 1. The van der Waals surface area contributed by atoms with Crippen molar-refractivity contribution in [1.82, 2.24) is 5.32 Å². The van der Waals surface area contributed by atoms with Gasteiger partial charge in [-0.15, -0.1) is 0 Å². The predicted molar refractivity (Wildman–Crippen MR) is 53.5 cm³/mol. The lowest BCUT2D eigenvalue weighted by Gasteiger charge is -2.32. The number of hydrogen-bond donors (Lipinski definition) is 2. The molecule has 14 heavy (non-hydrogen) atoms. The molecule has 3 rings (SSSR count). The van der Waals surface area contributed by atoms with Crippen LogP contribution in [0.25, 0.3) is 0 Å². The average Bonchev–Trinajstić information content (AvgIpc) is 2.62. The van der Waals surface area contributed by atoms with Gasteiger partial charge in [-0.3, -0.25) is 4.79 Å². The normalized spacial score (nSPS) is 49.4. The van der Waals surface area contributed by atoms with Crippen LogP contribution in [-0.2, 0) is 4.79 Å². The van der Waals surface area contributed by atoms with Gasteiger partial charge >= 0.3 is 0 Å². The van der Waals surface area contributed by atoms with E-state index < -0.39 is 0 Å². The van der Waals surface area contributed by atoms with Crippen molar-refractivity contribution in [3.63, 3.8) is 0 Å². The number of amides is 1. The monoisotopic (exact) mass is 194 g/mol. The van der Waals surface area contributed by atoms with Crippen molar-refractivity contribution in [2.24, 2.45) is 17.6 Å². The summed E-state index contributed by atoms with van der Waals surface area (Å²) in [6, 6.07) is 0.279. The minimum Gasteiger partial charge on any atom is -0.350 e. The Morgan fingerprint density at radius 1 is 1.43 bits per heavy atom. The van der Waals surface area contributed by atoms with Gasteiger partial charge in [0, 0.05) is 17.5 Å². The summed E-state index contributed by atoms with van der Waals surface area (Å²) in [4.78, 5) is 11.8. The number of nitrogens with two attached hydrogens (primary N) is 1. The van der Waals surface area contributed by atoms with Crippen molar-refractivity contribution in [2.75, 3.05) is 0 Å². The van der Waals surface area contributed by atoms with E-state index in [-0.39, 0.29) is 23.4 Å². The molecule has 3 nitrogen and oxygen atoms in total. The molecule has 3 fully saturated rings. The largest absolute Gasteiger partial charge is 0.350 e. The summed E-state index contributed by atoms with van der Waals surface area (Å²) < 4.78 is 0. The highest BCUT2D eigenvalue weighted by atomic mass is 16.2. The van der Waals surface area contributed by atoms with Crippen LogP contribution in [0.4, 0.5) is 0 Å². The SMILES string of the molecule is NC1CC(C(=O)NC23CCCC2C3)C1. The van der Waals surface area contributed by atoms with E-state index in [4.69, 9.17) is 5.73 Å². The number of rotatable bonds is 2.